The van der Waals surface area contributed by atoms with Crippen molar-refractivity contribution in [3.05, 3.63) is 57.1 Å². The highest BCUT2D eigenvalue weighted by Crippen LogP contribution is 2.40. The summed E-state index contributed by atoms with van der Waals surface area (Å²) in [6, 6.07) is 8.18. The molecule has 0 aromatic heterocycles. The van der Waals surface area contributed by atoms with Crippen molar-refractivity contribution in [1.82, 2.24) is 9.80 Å². The predicted octanol–water partition coefficient (Wildman–Crippen LogP) is 3.29. The SMILES string of the molecule is COC(=O)c1ccc(C(C)N2CCN(Cc3ccc(OC)c(OC)c3OC)CC2)c([N+](=O)[O-])c1. The normalized spacial score (nSPS) is 15.4. The molecule has 0 bridgehead atoms. The molecule has 1 unspecified atom stereocenters. The van der Waals surface area contributed by atoms with Crippen LogP contribution in [-0.2, 0) is 11.3 Å². The van der Waals surface area contributed by atoms with E-state index in [0.29, 0.717) is 29.4 Å². The van der Waals surface area contributed by atoms with Crippen molar-refractivity contribution in [2.75, 3.05) is 54.6 Å². The Morgan fingerprint density at radius 1 is 1.00 bits per heavy atom. The van der Waals surface area contributed by atoms with Crippen LogP contribution in [0.15, 0.2) is 30.3 Å². The standard InChI is InChI=1S/C24H31N3O7/c1-16(19-8-6-17(24(28)34-5)14-20(19)27(29)30)26-12-10-25(11-13-26)15-18-7-9-21(31-2)23(33-4)22(18)32-3/h6-9,14,16H,10-13,15H2,1-5H3. The first-order valence-corrected chi connectivity index (χ1v) is 11.0. The molecule has 0 amide bonds. The maximum atomic E-state index is 11.8. The molecule has 1 heterocycles. The lowest BCUT2D eigenvalue weighted by Crippen LogP contribution is -2.46. The number of ether oxygens (including phenoxy) is 4. The van der Waals surface area contributed by atoms with E-state index in [1.165, 1.54) is 13.2 Å². The van der Waals surface area contributed by atoms with Crippen molar-refractivity contribution in [2.45, 2.75) is 19.5 Å². The van der Waals surface area contributed by atoms with Gasteiger partial charge in [-0.25, -0.2) is 4.79 Å². The first-order chi connectivity index (χ1) is 16.3. The van der Waals surface area contributed by atoms with Crippen molar-refractivity contribution < 1.29 is 28.7 Å². The second-order valence-corrected chi connectivity index (χ2v) is 8.00. The number of carbonyl (C=O) groups excluding carboxylic acids is 1. The topological polar surface area (TPSA) is 104 Å². The molecular formula is C24H31N3O7. The number of benzene rings is 2. The van der Waals surface area contributed by atoms with Crippen LogP contribution < -0.4 is 14.2 Å². The van der Waals surface area contributed by atoms with Gasteiger partial charge in [0.15, 0.2) is 11.5 Å². The highest BCUT2D eigenvalue weighted by Gasteiger charge is 2.28. The van der Waals surface area contributed by atoms with Gasteiger partial charge in [-0.05, 0) is 25.1 Å². The fourth-order valence-corrected chi connectivity index (χ4v) is 4.33. The third-order valence-electron chi connectivity index (χ3n) is 6.23. The van der Waals surface area contributed by atoms with Crippen molar-refractivity contribution in [3.63, 3.8) is 0 Å². The number of nitro groups is 1. The molecule has 10 nitrogen and oxygen atoms in total. The van der Waals surface area contributed by atoms with E-state index >= 15 is 0 Å². The molecule has 2 aromatic rings. The summed E-state index contributed by atoms with van der Waals surface area (Å²) in [5.74, 6) is 1.24. The van der Waals surface area contributed by atoms with Crippen LogP contribution in [0.25, 0.3) is 0 Å². The van der Waals surface area contributed by atoms with Crippen molar-refractivity contribution in [3.8, 4) is 17.2 Å². The minimum atomic E-state index is -0.596. The van der Waals surface area contributed by atoms with Crippen LogP contribution >= 0.6 is 0 Å². The molecule has 0 aliphatic carbocycles. The van der Waals surface area contributed by atoms with Crippen LogP contribution in [0, 0.1) is 10.1 Å². The number of nitro benzene ring substituents is 1. The molecule has 1 aliphatic heterocycles. The lowest BCUT2D eigenvalue weighted by atomic mass is 10.0. The highest BCUT2D eigenvalue weighted by atomic mass is 16.6. The quantitative estimate of drug-likeness (QED) is 0.308. The zero-order valence-corrected chi connectivity index (χ0v) is 20.2. The molecule has 184 valence electrons. The van der Waals surface area contributed by atoms with E-state index in [1.807, 2.05) is 19.1 Å². The molecule has 1 saturated heterocycles. The number of nitrogens with zero attached hydrogens (tertiary/aromatic N) is 3. The van der Waals surface area contributed by atoms with Crippen LogP contribution in [0.1, 0.15) is 34.5 Å². The highest BCUT2D eigenvalue weighted by molar-refractivity contribution is 5.90. The van der Waals surface area contributed by atoms with Gasteiger partial charge in [0, 0.05) is 56.0 Å². The average Bonchev–Trinajstić information content (AvgIpc) is 2.87. The van der Waals surface area contributed by atoms with Crippen LogP contribution in [0.3, 0.4) is 0 Å². The minimum absolute atomic E-state index is 0.0760. The van der Waals surface area contributed by atoms with Gasteiger partial charge in [0.05, 0.1) is 38.9 Å². The first-order valence-electron chi connectivity index (χ1n) is 11.0. The molecule has 0 spiro atoms. The summed E-state index contributed by atoms with van der Waals surface area (Å²) in [5, 5.41) is 11.7. The fourth-order valence-electron chi connectivity index (χ4n) is 4.33. The second kappa shape index (κ2) is 11.2. The average molecular weight is 474 g/mol. The summed E-state index contributed by atoms with van der Waals surface area (Å²) < 4.78 is 21.1. The third kappa shape index (κ3) is 5.23. The monoisotopic (exact) mass is 473 g/mol. The smallest absolute Gasteiger partial charge is 0.338 e. The summed E-state index contributed by atoms with van der Waals surface area (Å²) in [7, 11) is 6.03. The summed E-state index contributed by atoms with van der Waals surface area (Å²) in [6.07, 6.45) is 0. The number of hydrogen-bond acceptors (Lipinski definition) is 9. The van der Waals surface area contributed by atoms with Gasteiger partial charge in [-0.2, -0.15) is 0 Å². The fraction of sp³-hybridized carbons (Fsp3) is 0.458. The molecule has 1 aliphatic rings. The van der Waals surface area contributed by atoms with E-state index in [2.05, 4.69) is 9.80 Å². The molecular weight excluding hydrogens is 442 g/mol. The predicted molar refractivity (Wildman–Crippen MR) is 126 cm³/mol. The number of methoxy groups -OCH3 is 4. The van der Waals surface area contributed by atoms with E-state index in [-0.39, 0.29) is 17.3 Å². The molecule has 2 aromatic carbocycles. The zero-order chi connectivity index (χ0) is 24.8. The molecule has 1 atom stereocenters. The molecule has 3 rings (SSSR count). The summed E-state index contributed by atoms with van der Waals surface area (Å²) in [5.41, 5.74) is 1.66. The Balaban J connectivity index is 1.71. The largest absolute Gasteiger partial charge is 0.493 e. The van der Waals surface area contributed by atoms with Crippen molar-refractivity contribution in [2.24, 2.45) is 0 Å². The molecule has 0 saturated carbocycles. The Labute approximate surface area is 199 Å². The van der Waals surface area contributed by atoms with E-state index in [9.17, 15) is 14.9 Å². The van der Waals surface area contributed by atoms with Crippen LogP contribution in [0.2, 0.25) is 0 Å². The van der Waals surface area contributed by atoms with Gasteiger partial charge in [-0.15, -0.1) is 0 Å². The van der Waals surface area contributed by atoms with Gasteiger partial charge >= 0.3 is 5.97 Å². The summed E-state index contributed by atoms with van der Waals surface area (Å²) >= 11 is 0. The Morgan fingerprint density at radius 2 is 1.68 bits per heavy atom. The Hall–Kier alpha value is -3.37. The number of piperazine rings is 1. The van der Waals surface area contributed by atoms with Gasteiger partial charge in [-0.1, -0.05) is 6.07 Å². The lowest BCUT2D eigenvalue weighted by molar-refractivity contribution is -0.386. The first kappa shape index (κ1) is 25.3. The summed E-state index contributed by atoms with van der Waals surface area (Å²) in [4.78, 5) is 27.5. The van der Waals surface area contributed by atoms with Gasteiger partial charge in [0.25, 0.3) is 5.69 Å². The molecule has 1 fully saturated rings. The lowest BCUT2D eigenvalue weighted by Gasteiger charge is -2.38. The molecule has 0 N–H and O–H groups in total. The van der Waals surface area contributed by atoms with Crippen LogP contribution in [-0.4, -0.2) is 75.3 Å². The Kier molecular flexibility index (Phi) is 8.30. The third-order valence-corrected chi connectivity index (χ3v) is 6.23. The van der Waals surface area contributed by atoms with Crippen molar-refractivity contribution in [1.29, 1.82) is 0 Å². The van der Waals surface area contributed by atoms with Crippen LogP contribution in [0.5, 0.6) is 17.2 Å². The minimum Gasteiger partial charge on any atom is -0.493 e. The van der Waals surface area contributed by atoms with Gasteiger partial charge in [0.2, 0.25) is 5.75 Å². The number of carbonyl (C=O) groups is 1. The number of hydrogen-bond donors (Lipinski definition) is 0. The van der Waals surface area contributed by atoms with Gasteiger partial charge in [0.1, 0.15) is 0 Å². The molecule has 10 heteroatoms. The second-order valence-electron chi connectivity index (χ2n) is 8.00. The number of esters is 1. The summed E-state index contributed by atoms with van der Waals surface area (Å²) in [6.45, 7) is 5.69. The maximum absolute atomic E-state index is 11.8. The van der Waals surface area contributed by atoms with Gasteiger partial charge < -0.3 is 18.9 Å². The molecule has 0 radical (unpaired) electrons. The van der Waals surface area contributed by atoms with Gasteiger partial charge in [-0.3, -0.25) is 19.9 Å². The Morgan fingerprint density at radius 3 is 2.24 bits per heavy atom. The van der Waals surface area contributed by atoms with E-state index < -0.39 is 10.9 Å². The van der Waals surface area contributed by atoms with E-state index in [1.54, 1.807) is 33.5 Å². The van der Waals surface area contributed by atoms with E-state index in [0.717, 1.165) is 31.7 Å². The van der Waals surface area contributed by atoms with Crippen LogP contribution in [0.4, 0.5) is 5.69 Å². The van der Waals surface area contributed by atoms with E-state index in [4.69, 9.17) is 18.9 Å². The molecule has 34 heavy (non-hydrogen) atoms. The maximum Gasteiger partial charge on any atom is 0.338 e. The van der Waals surface area contributed by atoms with Crippen molar-refractivity contribution >= 4 is 11.7 Å². The zero-order valence-electron chi connectivity index (χ0n) is 20.2. The number of rotatable bonds is 9. The Bertz CT molecular complexity index is 1040.